The molecule has 0 radical (unpaired) electrons. The molecule has 1 saturated heterocycles. The molecular formula is C15H21ClN2O3S. The van der Waals surface area contributed by atoms with Crippen LogP contribution in [0.25, 0.3) is 0 Å². The Morgan fingerprint density at radius 1 is 1.32 bits per heavy atom. The van der Waals surface area contributed by atoms with Crippen LogP contribution < -0.4 is 4.72 Å². The lowest BCUT2D eigenvalue weighted by Crippen LogP contribution is -2.44. The van der Waals surface area contributed by atoms with Gasteiger partial charge in [-0.2, -0.15) is 0 Å². The molecule has 1 heterocycles. The molecule has 0 spiro atoms. The van der Waals surface area contributed by atoms with Gasteiger partial charge in [0.05, 0.1) is 4.90 Å². The maximum atomic E-state index is 12.4. The lowest BCUT2D eigenvalue weighted by atomic mass is 10.1. The normalized spacial score (nSPS) is 19.8. The SMILES string of the molecule is Cc1ccc(S(=O)(=O)NC2CC(=O)N(C(C)(C)C)C2)cc1Cl. The van der Waals surface area contributed by atoms with Crippen LogP contribution in [0.5, 0.6) is 0 Å². The van der Waals surface area contributed by atoms with Gasteiger partial charge in [0.25, 0.3) is 0 Å². The zero-order valence-electron chi connectivity index (χ0n) is 13.2. The molecule has 1 aliphatic heterocycles. The van der Waals surface area contributed by atoms with Gasteiger partial charge in [0, 0.05) is 29.6 Å². The highest BCUT2D eigenvalue weighted by molar-refractivity contribution is 7.89. The number of nitrogens with zero attached hydrogens (tertiary/aromatic N) is 1. The van der Waals surface area contributed by atoms with E-state index < -0.39 is 16.1 Å². The maximum Gasteiger partial charge on any atom is 0.240 e. The molecule has 2 rings (SSSR count). The van der Waals surface area contributed by atoms with Crippen LogP contribution in [0.15, 0.2) is 23.1 Å². The molecule has 1 fully saturated rings. The maximum absolute atomic E-state index is 12.4. The molecule has 22 heavy (non-hydrogen) atoms. The standard InChI is InChI=1S/C15H21ClN2O3S/c1-10-5-6-12(8-13(10)16)22(20,21)17-11-7-14(19)18(9-11)15(2,3)4/h5-6,8,11,17H,7,9H2,1-4H3. The summed E-state index contributed by atoms with van der Waals surface area (Å²) in [5, 5.41) is 0.404. The van der Waals surface area contributed by atoms with E-state index in [-0.39, 0.29) is 22.8 Å². The summed E-state index contributed by atoms with van der Waals surface area (Å²) in [4.78, 5) is 13.8. The molecule has 1 amide bonds. The first kappa shape index (κ1) is 17.2. The molecule has 1 aromatic carbocycles. The van der Waals surface area contributed by atoms with Gasteiger partial charge in [-0.15, -0.1) is 0 Å². The molecule has 0 saturated carbocycles. The highest BCUT2D eigenvalue weighted by atomic mass is 35.5. The molecule has 1 N–H and O–H groups in total. The van der Waals surface area contributed by atoms with Crippen molar-refractivity contribution in [2.75, 3.05) is 6.54 Å². The van der Waals surface area contributed by atoms with Crippen molar-refractivity contribution in [3.05, 3.63) is 28.8 Å². The van der Waals surface area contributed by atoms with Gasteiger partial charge in [-0.3, -0.25) is 4.79 Å². The van der Waals surface area contributed by atoms with Crippen molar-refractivity contribution < 1.29 is 13.2 Å². The summed E-state index contributed by atoms with van der Waals surface area (Å²) in [5.41, 5.74) is 0.500. The van der Waals surface area contributed by atoms with Crippen LogP contribution in [-0.2, 0) is 14.8 Å². The highest BCUT2D eigenvalue weighted by Gasteiger charge is 2.38. The van der Waals surface area contributed by atoms with Gasteiger partial charge in [0.2, 0.25) is 15.9 Å². The Morgan fingerprint density at radius 2 is 1.95 bits per heavy atom. The Hall–Kier alpha value is -1.11. The number of aryl methyl sites for hydroxylation is 1. The van der Waals surface area contributed by atoms with Crippen molar-refractivity contribution in [3.8, 4) is 0 Å². The van der Waals surface area contributed by atoms with Crippen molar-refractivity contribution in [1.82, 2.24) is 9.62 Å². The van der Waals surface area contributed by atoms with E-state index in [0.717, 1.165) is 5.56 Å². The van der Waals surface area contributed by atoms with Gasteiger partial charge in [-0.1, -0.05) is 17.7 Å². The third-order valence-corrected chi connectivity index (χ3v) is 5.64. The lowest BCUT2D eigenvalue weighted by Gasteiger charge is -2.32. The quantitative estimate of drug-likeness (QED) is 0.915. The summed E-state index contributed by atoms with van der Waals surface area (Å²) in [5.74, 6) is -0.0397. The minimum absolute atomic E-state index is 0.0397. The van der Waals surface area contributed by atoms with Crippen molar-refractivity contribution in [2.45, 2.75) is 50.6 Å². The number of hydrogen-bond acceptors (Lipinski definition) is 3. The average molecular weight is 345 g/mol. The summed E-state index contributed by atoms with van der Waals surface area (Å²) in [6.07, 6.45) is 0.177. The summed E-state index contributed by atoms with van der Waals surface area (Å²) >= 11 is 5.99. The van der Waals surface area contributed by atoms with E-state index in [9.17, 15) is 13.2 Å². The summed E-state index contributed by atoms with van der Waals surface area (Å²) in [7, 11) is -3.69. The average Bonchev–Trinajstić information content (AvgIpc) is 2.72. The van der Waals surface area contributed by atoms with Crippen molar-refractivity contribution in [1.29, 1.82) is 0 Å². The number of nitrogens with one attached hydrogen (secondary N) is 1. The molecule has 122 valence electrons. The fraction of sp³-hybridized carbons (Fsp3) is 0.533. The van der Waals surface area contributed by atoms with Crippen molar-refractivity contribution in [2.24, 2.45) is 0 Å². The van der Waals surface area contributed by atoms with Gasteiger partial charge in [0.1, 0.15) is 0 Å². The van der Waals surface area contributed by atoms with Crippen LogP contribution >= 0.6 is 11.6 Å². The zero-order chi connectivity index (χ0) is 16.7. The van der Waals surface area contributed by atoms with Crippen molar-refractivity contribution >= 4 is 27.5 Å². The summed E-state index contributed by atoms with van der Waals surface area (Å²) in [6, 6.07) is 4.19. The molecule has 0 bridgehead atoms. The lowest BCUT2D eigenvalue weighted by molar-refractivity contribution is -0.131. The number of benzene rings is 1. The fourth-order valence-electron chi connectivity index (χ4n) is 2.46. The molecule has 0 aromatic heterocycles. The number of carbonyl (C=O) groups is 1. The topological polar surface area (TPSA) is 66.5 Å². The van der Waals surface area contributed by atoms with E-state index in [1.807, 2.05) is 27.7 Å². The Bertz CT molecular complexity index is 695. The van der Waals surface area contributed by atoms with E-state index in [1.54, 1.807) is 11.0 Å². The number of rotatable bonds is 3. The molecule has 5 nitrogen and oxygen atoms in total. The minimum Gasteiger partial charge on any atom is -0.336 e. The Morgan fingerprint density at radius 3 is 2.45 bits per heavy atom. The summed E-state index contributed by atoms with van der Waals surface area (Å²) in [6.45, 7) is 7.98. The number of amides is 1. The Balaban J connectivity index is 2.16. The first-order valence-electron chi connectivity index (χ1n) is 7.09. The smallest absolute Gasteiger partial charge is 0.240 e. The largest absolute Gasteiger partial charge is 0.336 e. The van der Waals surface area contributed by atoms with Crippen LogP contribution in [0.3, 0.4) is 0 Å². The number of sulfonamides is 1. The molecule has 1 unspecified atom stereocenters. The molecular weight excluding hydrogens is 324 g/mol. The monoisotopic (exact) mass is 344 g/mol. The Labute approximate surface area is 136 Å². The van der Waals surface area contributed by atoms with Gasteiger partial charge in [0.15, 0.2) is 0 Å². The fourth-order valence-corrected chi connectivity index (χ4v) is 3.96. The van der Waals surface area contributed by atoms with Gasteiger partial charge < -0.3 is 4.90 Å². The second-order valence-corrected chi connectivity index (χ2v) is 8.73. The predicted molar refractivity (Wildman–Crippen MR) is 86.4 cm³/mol. The van der Waals surface area contributed by atoms with Crippen LogP contribution in [0, 0.1) is 6.92 Å². The highest BCUT2D eigenvalue weighted by Crippen LogP contribution is 2.24. The molecule has 1 atom stereocenters. The van der Waals surface area contributed by atoms with Crippen molar-refractivity contribution in [3.63, 3.8) is 0 Å². The number of halogens is 1. The number of likely N-dealkylation sites (tertiary alicyclic amines) is 1. The van der Waals surface area contributed by atoms with Gasteiger partial charge in [-0.25, -0.2) is 13.1 Å². The summed E-state index contributed by atoms with van der Waals surface area (Å²) < 4.78 is 27.4. The first-order chi connectivity index (χ1) is 10.0. The molecule has 0 aliphatic carbocycles. The number of carbonyl (C=O) groups excluding carboxylic acids is 1. The van der Waals surface area contributed by atoms with E-state index in [1.165, 1.54) is 12.1 Å². The molecule has 1 aliphatic rings. The van der Waals surface area contributed by atoms with E-state index in [4.69, 9.17) is 11.6 Å². The second kappa shape index (κ2) is 5.83. The van der Waals surface area contributed by atoms with E-state index in [0.29, 0.717) is 11.6 Å². The minimum atomic E-state index is -3.69. The van der Waals surface area contributed by atoms with Crippen LogP contribution in [-0.4, -0.2) is 37.4 Å². The van der Waals surface area contributed by atoms with Gasteiger partial charge in [-0.05, 0) is 45.4 Å². The second-order valence-electron chi connectivity index (χ2n) is 6.61. The Kier molecular flexibility index (Phi) is 4.57. The van der Waals surface area contributed by atoms with Gasteiger partial charge >= 0.3 is 0 Å². The van der Waals surface area contributed by atoms with E-state index >= 15 is 0 Å². The van der Waals surface area contributed by atoms with E-state index in [2.05, 4.69) is 4.72 Å². The molecule has 1 aromatic rings. The van der Waals surface area contributed by atoms with Crippen LogP contribution in [0.2, 0.25) is 5.02 Å². The predicted octanol–water partition coefficient (Wildman–Crippen LogP) is 2.33. The third-order valence-electron chi connectivity index (χ3n) is 3.71. The third kappa shape index (κ3) is 3.62. The van der Waals surface area contributed by atoms with Crippen LogP contribution in [0.4, 0.5) is 0 Å². The number of hydrogen-bond donors (Lipinski definition) is 1. The first-order valence-corrected chi connectivity index (χ1v) is 8.96. The zero-order valence-corrected chi connectivity index (χ0v) is 14.8. The van der Waals surface area contributed by atoms with Crippen LogP contribution in [0.1, 0.15) is 32.8 Å². The molecule has 7 heteroatoms.